The van der Waals surface area contributed by atoms with Crippen molar-refractivity contribution in [1.82, 2.24) is 0 Å². The average Bonchev–Trinajstić information content (AvgIpc) is 2.39. The highest BCUT2D eigenvalue weighted by molar-refractivity contribution is 6.08. The Labute approximate surface area is 121 Å². The van der Waals surface area contributed by atoms with Gasteiger partial charge in [0.15, 0.2) is 5.78 Å². The van der Waals surface area contributed by atoms with Crippen molar-refractivity contribution < 1.29 is 22.1 Å². The first-order valence-electron chi connectivity index (χ1n) is 6.03. The Hall–Kier alpha value is -1.64. The maximum atomic E-state index is 11.8. The minimum absolute atomic E-state index is 0. The first-order chi connectivity index (χ1) is 8.61. The van der Waals surface area contributed by atoms with Gasteiger partial charge in [0.05, 0.1) is 21.1 Å². The molecular formula is C16H20ClNO. The Balaban J connectivity index is 0.000000576. The van der Waals surface area contributed by atoms with Gasteiger partial charge in [-0.05, 0) is 0 Å². The van der Waals surface area contributed by atoms with E-state index in [1.165, 1.54) is 4.90 Å². The molecule has 0 spiro atoms. The molecule has 0 amide bonds. The number of carbonyl (C=O) groups is 1. The van der Waals surface area contributed by atoms with Gasteiger partial charge in [-0.25, -0.2) is 0 Å². The van der Waals surface area contributed by atoms with Gasteiger partial charge in [0.2, 0.25) is 0 Å². The molecule has 0 heterocycles. The molecule has 2 aromatic carbocycles. The Morgan fingerprint density at radius 1 is 0.737 bits per heavy atom. The molecule has 0 aliphatic carbocycles. The lowest BCUT2D eigenvalue weighted by Gasteiger charge is -1.99. The molecule has 2 rings (SSSR count). The Morgan fingerprint density at radius 2 is 1.00 bits per heavy atom. The Kier molecular flexibility index (Phi) is 8.51. The van der Waals surface area contributed by atoms with Crippen molar-refractivity contribution >= 4 is 5.78 Å². The number of halogens is 1. The third-order valence-corrected chi connectivity index (χ3v) is 2.07. The maximum absolute atomic E-state index is 11.8. The molecule has 0 fully saturated rings. The first-order valence-corrected chi connectivity index (χ1v) is 6.03. The van der Waals surface area contributed by atoms with Gasteiger partial charge in [-0.2, -0.15) is 0 Å². The number of nitrogens with one attached hydrogen (secondary N) is 1. The second-order valence-corrected chi connectivity index (χ2v) is 4.56. The second kappa shape index (κ2) is 9.31. The molecule has 0 saturated carbocycles. The lowest BCUT2D eigenvalue weighted by molar-refractivity contribution is -0.836. The summed E-state index contributed by atoms with van der Waals surface area (Å²) in [4.78, 5) is 13.3. The molecule has 2 nitrogen and oxygen atoms in total. The van der Waals surface area contributed by atoms with Crippen LogP contribution < -0.4 is 17.3 Å². The van der Waals surface area contributed by atoms with E-state index >= 15 is 0 Å². The third-order valence-electron chi connectivity index (χ3n) is 2.07. The molecule has 0 atom stereocenters. The summed E-state index contributed by atoms with van der Waals surface area (Å²) in [7, 11) is 6.25. The molecule has 1 N–H and O–H groups in total. The van der Waals surface area contributed by atoms with E-state index in [9.17, 15) is 4.79 Å². The number of hydrogen-bond acceptors (Lipinski definition) is 1. The van der Waals surface area contributed by atoms with Crippen LogP contribution in [0.25, 0.3) is 0 Å². The summed E-state index contributed by atoms with van der Waals surface area (Å²) in [6, 6.07) is 18.6. The first kappa shape index (κ1) is 17.4. The monoisotopic (exact) mass is 277 g/mol. The van der Waals surface area contributed by atoms with E-state index < -0.39 is 0 Å². The number of benzene rings is 2. The summed E-state index contributed by atoms with van der Waals surface area (Å²) in [5.41, 5.74) is 1.47. The number of ketones is 1. The average molecular weight is 278 g/mol. The number of carbonyl (C=O) groups excluding carboxylic acids is 1. The SMILES string of the molecule is C[NH+](C)C.O=C(c1ccccc1)c1ccccc1.[Cl-]. The standard InChI is InChI=1S/C13H10O.C3H9N.ClH/c14-13(11-7-3-1-4-8-11)12-9-5-2-6-10-12;1-4(2)3;/h1-10H;1-3H3;1H. The highest BCUT2D eigenvalue weighted by Gasteiger charge is 2.06. The van der Waals surface area contributed by atoms with Gasteiger partial charge in [-0.15, -0.1) is 0 Å². The topological polar surface area (TPSA) is 21.5 Å². The summed E-state index contributed by atoms with van der Waals surface area (Å²) in [6.07, 6.45) is 0. The summed E-state index contributed by atoms with van der Waals surface area (Å²) >= 11 is 0. The van der Waals surface area contributed by atoms with E-state index in [0.717, 1.165) is 11.1 Å². The number of hydrogen-bond donors (Lipinski definition) is 1. The van der Waals surface area contributed by atoms with Crippen molar-refractivity contribution in [2.45, 2.75) is 0 Å². The fraction of sp³-hybridized carbons (Fsp3) is 0.188. The van der Waals surface area contributed by atoms with Gasteiger partial charge in [0.25, 0.3) is 0 Å². The van der Waals surface area contributed by atoms with Crippen molar-refractivity contribution in [3.8, 4) is 0 Å². The van der Waals surface area contributed by atoms with Crippen molar-refractivity contribution in [1.29, 1.82) is 0 Å². The van der Waals surface area contributed by atoms with Crippen LogP contribution in [0.5, 0.6) is 0 Å². The van der Waals surface area contributed by atoms with Gasteiger partial charge < -0.3 is 17.3 Å². The summed E-state index contributed by atoms with van der Waals surface area (Å²) in [5, 5.41) is 0. The molecule has 0 aliphatic rings. The number of quaternary nitrogens is 1. The zero-order valence-electron chi connectivity index (χ0n) is 11.6. The minimum atomic E-state index is 0. The normalized spacial score (nSPS) is 9.05. The molecule has 0 saturated heterocycles. The second-order valence-electron chi connectivity index (χ2n) is 4.56. The molecule has 3 heteroatoms. The van der Waals surface area contributed by atoms with Crippen LogP contribution in [-0.2, 0) is 0 Å². The zero-order chi connectivity index (χ0) is 13.4. The van der Waals surface area contributed by atoms with Gasteiger partial charge >= 0.3 is 0 Å². The van der Waals surface area contributed by atoms with Crippen LogP contribution in [0.15, 0.2) is 60.7 Å². The summed E-state index contributed by atoms with van der Waals surface area (Å²) < 4.78 is 0. The Morgan fingerprint density at radius 3 is 1.26 bits per heavy atom. The fourth-order valence-corrected chi connectivity index (χ4v) is 1.35. The van der Waals surface area contributed by atoms with Crippen LogP contribution in [0.2, 0.25) is 0 Å². The van der Waals surface area contributed by atoms with Gasteiger partial charge in [0, 0.05) is 11.1 Å². The maximum Gasteiger partial charge on any atom is 0.193 e. The van der Waals surface area contributed by atoms with E-state index in [1.807, 2.05) is 60.7 Å². The zero-order valence-corrected chi connectivity index (χ0v) is 12.3. The van der Waals surface area contributed by atoms with Crippen molar-refractivity contribution in [2.24, 2.45) is 0 Å². The predicted molar refractivity (Wildman–Crippen MR) is 75.1 cm³/mol. The lowest BCUT2D eigenvalue weighted by Crippen LogP contribution is -3.02. The van der Waals surface area contributed by atoms with Crippen molar-refractivity contribution in [2.75, 3.05) is 21.1 Å². The molecule has 102 valence electrons. The highest BCUT2D eigenvalue weighted by Crippen LogP contribution is 2.08. The smallest absolute Gasteiger partial charge is 0.193 e. The minimum Gasteiger partial charge on any atom is -1.00 e. The molecule has 0 aliphatic heterocycles. The van der Waals surface area contributed by atoms with Gasteiger partial charge in [0.1, 0.15) is 0 Å². The third kappa shape index (κ3) is 6.75. The van der Waals surface area contributed by atoms with E-state index in [4.69, 9.17) is 0 Å². The quantitative estimate of drug-likeness (QED) is 0.676. The van der Waals surface area contributed by atoms with Crippen LogP contribution in [0.3, 0.4) is 0 Å². The molecule has 0 unspecified atom stereocenters. The largest absolute Gasteiger partial charge is 1.00 e. The Bertz CT molecular complexity index is 424. The van der Waals surface area contributed by atoms with Crippen LogP contribution in [0, 0.1) is 0 Å². The van der Waals surface area contributed by atoms with E-state index in [-0.39, 0.29) is 18.2 Å². The van der Waals surface area contributed by atoms with Gasteiger partial charge in [-0.3, -0.25) is 4.79 Å². The molecule has 19 heavy (non-hydrogen) atoms. The number of rotatable bonds is 2. The van der Waals surface area contributed by atoms with E-state index in [1.54, 1.807) is 0 Å². The predicted octanol–water partition coefficient (Wildman–Crippen LogP) is -1.32. The lowest BCUT2D eigenvalue weighted by atomic mass is 10.0. The van der Waals surface area contributed by atoms with Crippen molar-refractivity contribution in [3.05, 3.63) is 71.8 Å². The molecule has 0 radical (unpaired) electrons. The summed E-state index contributed by atoms with van der Waals surface area (Å²) in [6.45, 7) is 0. The van der Waals surface area contributed by atoms with Crippen LogP contribution in [-0.4, -0.2) is 26.9 Å². The fourth-order valence-electron chi connectivity index (χ4n) is 1.35. The van der Waals surface area contributed by atoms with Crippen molar-refractivity contribution in [3.63, 3.8) is 0 Å². The van der Waals surface area contributed by atoms with E-state index in [2.05, 4.69) is 21.1 Å². The van der Waals surface area contributed by atoms with E-state index in [0.29, 0.717) is 0 Å². The molecule has 0 bridgehead atoms. The molecular weight excluding hydrogens is 258 g/mol. The molecule has 2 aromatic rings. The van der Waals surface area contributed by atoms with Gasteiger partial charge in [-0.1, -0.05) is 60.7 Å². The molecule has 0 aromatic heterocycles. The van der Waals surface area contributed by atoms with Crippen LogP contribution >= 0.6 is 0 Å². The highest BCUT2D eigenvalue weighted by atomic mass is 35.5. The summed E-state index contributed by atoms with van der Waals surface area (Å²) in [5.74, 6) is 0.0752. The van der Waals surface area contributed by atoms with Crippen LogP contribution in [0.4, 0.5) is 0 Å². The van der Waals surface area contributed by atoms with Crippen LogP contribution in [0.1, 0.15) is 15.9 Å².